The predicted molar refractivity (Wildman–Crippen MR) is 103 cm³/mol. The van der Waals surface area contributed by atoms with E-state index < -0.39 is 10.0 Å². The third-order valence-electron chi connectivity index (χ3n) is 3.79. The lowest BCUT2D eigenvalue weighted by Crippen LogP contribution is -2.14. The van der Waals surface area contributed by atoms with Gasteiger partial charge in [-0.2, -0.15) is 0 Å². The second-order valence-electron chi connectivity index (χ2n) is 5.83. The number of hydrogen-bond donors (Lipinski definition) is 2. The average Bonchev–Trinajstić information content (AvgIpc) is 2.67. The molecule has 0 aliphatic carbocycles. The Hall–Kier alpha value is -3.16. The Morgan fingerprint density at radius 1 is 0.926 bits per heavy atom. The summed E-state index contributed by atoms with van der Waals surface area (Å²) < 4.78 is 28.3. The smallest absolute Gasteiger partial charge is 0.255 e. The molecule has 0 atom stereocenters. The summed E-state index contributed by atoms with van der Waals surface area (Å²) in [5.41, 5.74) is 1.92. The van der Waals surface area contributed by atoms with Gasteiger partial charge in [0.2, 0.25) is 10.0 Å². The predicted octanol–water partition coefficient (Wildman–Crippen LogP) is 3.17. The van der Waals surface area contributed by atoms with E-state index in [0.717, 1.165) is 5.56 Å². The van der Waals surface area contributed by atoms with Gasteiger partial charge in [-0.05, 0) is 48.0 Å². The Bertz CT molecular complexity index is 1030. The first-order valence-electron chi connectivity index (χ1n) is 8.13. The number of primary sulfonamides is 1. The molecule has 0 aliphatic rings. The lowest BCUT2D eigenvalue weighted by Gasteiger charge is -2.09. The van der Waals surface area contributed by atoms with E-state index in [0.29, 0.717) is 23.6 Å². The summed E-state index contributed by atoms with van der Waals surface area (Å²) in [7, 11) is -3.76. The van der Waals surface area contributed by atoms with Crippen molar-refractivity contribution < 1.29 is 17.9 Å². The minimum atomic E-state index is -3.76. The normalized spacial score (nSPS) is 11.0. The van der Waals surface area contributed by atoms with Crippen molar-refractivity contribution in [2.75, 3.05) is 5.32 Å². The van der Waals surface area contributed by atoms with Gasteiger partial charge < -0.3 is 10.1 Å². The maximum Gasteiger partial charge on any atom is 0.255 e. The summed E-state index contributed by atoms with van der Waals surface area (Å²) in [6.45, 7) is 0.404. The molecule has 1 amide bonds. The highest BCUT2D eigenvalue weighted by Gasteiger charge is 2.10. The zero-order valence-corrected chi connectivity index (χ0v) is 15.1. The summed E-state index contributed by atoms with van der Waals surface area (Å²) in [5, 5.41) is 7.77. The molecule has 3 N–H and O–H groups in total. The third-order valence-corrected chi connectivity index (χ3v) is 4.71. The molecule has 0 spiro atoms. The molecule has 0 saturated heterocycles. The van der Waals surface area contributed by atoms with Crippen LogP contribution in [-0.2, 0) is 16.6 Å². The number of amides is 1. The van der Waals surface area contributed by atoms with E-state index >= 15 is 0 Å². The van der Waals surface area contributed by atoms with Crippen molar-refractivity contribution in [2.45, 2.75) is 11.5 Å². The topological polar surface area (TPSA) is 98.5 Å². The van der Waals surface area contributed by atoms with Crippen LogP contribution in [0.15, 0.2) is 83.8 Å². The zero-order chi connectivity index (χ0) is 19.3. The Balaban J connectivity index is 1.66. The molecule has 0 unspecified atom stereocenters. The molecule has 0 aliphatic heterocycles. The van der Waals surface area contributed by atoms with Gasteiger partial charge in [0.1, 0.15) is 12.4 Å². The van der Waals surface area contributed by atoms with Crippen molar-refractivity contribution in [3.8, 4) is 5.75 Å². The van der Waals surface area contributed by atoms with Gasteiger partial charge in [0.25, 0.3) is 5.91 Å². The standard InChI is InChI=1S/C20H18N2O4S/c21-27(24,25)19-11-9-17(10-12-19)22-20(23)16-7-4-8-18(13-16)26-14-15-5-2-1-3-6-15/h1-13H,14H2,(H,22,23)(H2,21,24,25). The summed E-state index contributed by atoms with van der Waals surface area (Å²) in [6, 6.07) is 22.2. The molecule has 0 fully saturated rings. The van der Waals surface area contributed by atoms with Crippen LogP contribution in [0.4, 0.5) is 5.69 Å². The van der Waals surface area contributed by atoms with Crippen LogP contribution in [0.2, 0.25) is 0 Å². The van der Waals surface area contributed by atoms with Crippen LogP contribution in [0.1, 0.15) is 15.9 Å². The Labute approximate surface area is 157 Å². The molecule has 6 nitrogen and oxygen atoms in total. The highest BCUT2D eigenvalue weighted by Crippen LogP contribution is 2.18. The number of nitrogens with one attached hydrogen (secondary N) is 1. The SMILES string of the molecule is NS(=O)(=O)c1ccc(NC(=O)c2cccc(OCc3ccccc3)c2)cc1. The van der Waals surface area contributed by atoms with Crippen molar-refractivity contribution in [2.24, 2.45) is 5.14 Å². The van der Waals surface area contributed by atoms with Crippen LogP contribution >= 0.6 is 0 Å². The molecule has 7 heteroatoms. The van der Waals surface area contributed by atoms with Crippen molar-refractivity contribution in [1.82, 2.24) is 0 Å². The van der Waals surface area contributed by atoms with Gasteiger partial charge in [0.05, 0.1) is 4.90 Å². The van der Waals surface area contributed by atoms with Gasteiger partial charge in [-0.3, -0.25) is 4.79 Å². The van der Waals surface area contributed by atoms with Crippen molar-refractivity contribution in [3.05, 3.63) is 90.0 Å². The van der Waals surface area contributed by atoms with Crippen molar-refractivity contribution in [1.29, 1.82) is 0 Å². The lowest BCUT2D eigenvalue weighted by molar-refractivity contribution is 0.102. The van der Waals surface area contributed by atoms with E-state index in [1.165, 1.54) is 24.3 Å². The minimum absolute atomic E-state index is 0.0168. The van der Waals surface area contributed by atoms with Crippen LogP contribution in [-0.4, -0.2) is 14.3 Å². The molecular formula is C20H18N2O4S. The van der Waals surface area contributed by atoms with Gasteiger partial charge >= 0.3 is 0 Å². The number of ether oxygens (including phenoxy) is 1. The minimum Gasteiger partial charge on any atom is -0.489 e. The highest BCUT2D eigenvalue weighted by atomic mass is 32.2. The molecule has 0 saturated carbocycles. The number of sulfonamides is 1. The average molecular weight is 382 g/mol. The van der Waals surface area contributed by atoms with Gasteiger partial charge in [-0.1, -0.05) is 36.4 Å². The molecule has 3 rings (SSSR count). The quantitative estimate of drug-likeness (QED) is 0.684. The second kappa shape index (κ2) is 8.03. The number of anilines is 1. The van der Waals surface area contributed by atoms with Crippen LogP contribution < -0.4 is 15.2 Å². The number of hydrogen-bond acceptors (Lipinski definition) is 4. The molecule has 0 radical (unpaired) electrons. The lowest BCUT2D eigenvalue weighted by atomic mass is 10.2. The first-order chi connectivity index (χ1) is 12.9. The first-order valence-corrected chi connectivity index (χ1v) is 9.67. The van der Waals surface area contributed by atoms with Crippen LogP contribution in [0.5, 0.6) is 5.75 Å². The fraction of sp³-hybridized carbons (Fsp3) is 0.0500. The van der Waals surface area contributed by atoms with Crippen molar-refractivity contribution in [3.63, 3.8) is 0 Å². The van der Waals surface area contributed by atoms with E-state index in [4.69, 9.17) is 9.88 Å². The molecule has 0 aromatic heterocycles. The number of rotatable bonds is 6. The Morgan fingerprint density at radius 2 is 1.63 bits per heavy atom. The van der Waals surface area contributed by atoms with Gasteiger partial charge in [-0.25, -0.2) is 13.6 Å². The third kappa shape index (κ3) is 5.16. The van der Waals surface area contributed by atoms with E-state index in [9.17, 15) is 13.2 Å². The van der Waals surface area contributed by atoms with Gasteiger partial charge in [0, 0.05) is 11.3 Å². The summed E-state index contributed by atoms with van der Waals surface area (Å²) >= 11 is 0. The molecular weight excluding hydrogens is 364 g/mol. The molecule has 0 heterocycles. The number of carbonyl (C=O) groups is 1. The van der Waals surface area contributed by atoms with E-state index in [1.807, 2.05) is 30.3 Å². The summed E-state index contributed by atoms with van der Waals surface area (Å²) in [5.74, 6) is 0.250. The second-order valence-corrected chi connectivity index (χ2v) is 7.39. The molecule has 27 heavy (non-hydrogen) atoms. The highest BCUT2D eigenvalue weighted by molar-refractivity contribution is 7.89. The fourth-order valence-corrected chi connectivity index (χ4v) is 2.91. The van der Waals surface area contributed by atoms with E-state index in [-0.39, 0.29) is 10.8 Å². The maximum absolute atomic E-state index is 12.4. The number of benzene rings is 3. The summed E-state index contributed by atoms with van der Waals surface area (Å²) in [4.78, 5) is 12.4. The van der Waals surface area contributed by atoms with Crippen LogP contribution in [0.25, 0.3) is 0 Å². The molecule has 3 aromatic rings. The monoisotopic (exact) mass is 382 g/mol. The zero-order valence-electron chi connectivity index (χ0n) is 14.3. The molecule has 3 aromatic carbocycles. The Morgan fingerprint density at radius 3 is 2.30 bits per heavy atom. The van der Waals surface area contributed by atoms with Crippen molar-refractivity contribution >= 4 is 21.6 Å². The van der Waals surface area contributed by atoms with Gasteiger partial charge in [0.15, 0.2) is 0 Å². The Kier molecular flexibility index (Phi) is 5.54. The number of carbonyl (C=O) groups excluding carboxylic acids is 1. The maximum atomic E-state index is 12.4. The van der Waals surface area contributed by atoms with Crippen LogP contribution in [0, 0.1) is 0 Å². The van der Waals surface area contributed by atoms with Gasteiger partial charge in [-0.15, -0.1) is 0 Å². The van der Waals surface area contributed by atoms with E-state index in [2.05, 4.69) is 5.32 Å². The van der Waals surface area contributed by atoms with E-state index in [1.54, 1.807) is 24.3 Å². The fourth-order valence-electron chi connectivity index (χ4n) is 2.40. The largest absolute Gasteiger partial charge is 0.489 e. The summed E-state index contributed by atoms with van der Waals surface area (Å²) in [6.07, 6.45) is 0. The molecule has 0 bridgehead atoms. The first kappa shape index (κ1) is 18.6. The molecule has 138 valence electrons. The van der Waals surface area contributed by atoms with Crippen LogP contribution in [0.3, 0.4) is 0 Å². The number of nitrogens with two attached hydrogens (primary N) is 1.